The van der Waals surface area contributed by atoms with Crippen molar-refractivity contribution in [2.24, 2.45) is 5.92 Å². The van der Waals surface area contributed by atoms with Gasteiger partial charge in [0, 0.05) is 47.5 Å². The highest BCUT2D eigenvalue weighted by Gasteiger charge is 2.28. The van der Waals surface area contributed by atoms with E-state index in [2.05, 4.69) is 5.32 Å². The first-order valence-electron chi connectivity index (χ1n) is 14.4. The number of amides is 1. The Morgan fingerprint density at radius 1 is 0.884 bits per heavy atom. The summed E-state index contributed by atoms with van der Waals surface area (Å²) in [7, 11) is -2.07. The largest absolute Gasteiger partial charge is 0.385 e. The van der Waals surface area contributed by atoms with Crippen LogP contribution < -0.4 is 5.32 Å². The normalized spacial score (nSPS) is 13.3. The standard InChI is InChI=1S/C34H43NO6S2/c1-24-7-15-30(16-8-24)42-22-29(23-43(38,39)31-17-9-25(2)10-18-31)32(36)27-11-13-28(14-12-27)33(37)35-26(3)21-41-34(4,5)19-20-40-6/h7-18,26,29H,19-23H2,1-6H3,(H,35,37). The molecule has 3 rings (SSSR count). The van der Waals surface area contributed by atoms with E-state index in [1.165, 1.54) is 11.8 Å². The number of methoxy groups -OCH3 is 1. The highest BCUT2D eigenvalue weighted by Crippen LogP contribution is 2.26. The number of aryl methyl sites for hydroxylation is 2. The molecule has 0 spiro atoms. The predicted octanol–water partition coefficient (Wildman–Crippen LogP) is 6.32. The molecule has 3 aromatic carbocycles. The van der Waals surface area contributed by atoms with Crippen LogP contribution in [0.4, 0.5) is 0 Å². The van der Waals surface area contributed by atoms with Crippen LogP contribution in [0.25, 0.3) is 0 Å². The summed E-state index contributed by atoms with van der Waals surface area (Å²) in [6.07, 6.45) is 0.733. The quantitative estimate of drug-likeness (QED) is 0.147. The third-order valence-electron chi connectivity index (χ3n) is 7.09. The number of hydrogen-bond acceptors (Lipinski definition) is 7. The molecule has 1 amide bonds. The van der Waals surface area contributed by atoms with Gasteiger partial charge in [-0.1, -0.05) is 47.5 Å². The van der Waals surface area contributed by atoms with Crippen molar-refractivity contribution in [1.29, 1.82) is 0 Å². The Kier molecular flexibility index (Phi) is 12.6. The van der Waals surface area contributed by atoms with Gasteiger partial charge in [0.2, 0.25) is 0 Å². The Labute approximate surface area is 260 Å². The van der Waals surface area contributed by atoms with Crippen LogP contribution in [0.1, 0.15) is 59.0 Å². The zero-order valence-corrected chi connectivity index (χ0v) is 27.5. The van der Waals surface area contributed by atoms with Crippen LogP contribution >= 0.6 is 11.8 Å². The number of rotatable bonds is 16. The van der Waals surface area contributed by atoms with Crippen molar-refractivity contribution in [2.45, 2.75) is 62.5 Å². The fourth-order valence-corrected chi connectivity index (χ4v) is 6.96. The number of sulfone groups is 1. The number of thioether (sulfide) groups is 1. The summed E-state index contributed by atoms with van der Waals surface area (Å²) >= 11 is 1.46. The van der Waals surface area contributed by atoms with Crippen molar-refractivity contribution in [3.05, 3.63) is 95.1 Å². The molecule has 0 heterocycles. The van der Waals surface area contributed by atoms with Gasteiger partial charge in [0.1, 0.15) is 0 Å². The van der Waals surface area contributed by atoms with Gasteiger partial charge in [-0.3, -0.25) is 9.59 Å². The van der Waals surface area contributed by atoms with Crippen LogP contribution in [0.15, 0.2) is 82.6 Å². The molecule has 7 nitrogen and oxygen atoms in total. The number of nitrogens with one attached hydrogen (secondary N) is 1. The monoisotopic (exact) mass is 625 g/mol. The van der Waals surface area contributed by atoms with Crippen LogP contribution in [-0.2, 0) is 19.3 Å². The van der Waals surface area contributed by atoms with Crippen LogP contribution in [-0.4, -0.2) is 63.6 Å². The van der Waals surface area contributed by atoms with E-state index in [1.807, 2.05) is 58.9 Å². The zero-order chi connectivity index (χ0) is 31.6. The molecule has 0 saturated heterocycles. The molecule has 0 fully saturated rings. The van der Waals surface area contributed by atoms with Crippen molar-refractivity contribution in [3.8, 4) is 0 Å². The number of carbonyl (C=O) groups excluding carboxylic acids is 2. The first-order chi connectivity index (χ1) is 20.3. The van der Waals surface area contributed by atoms with Crippen LogP contribution in [0.3, 0.4) is 0 Å². The lowest BCUT2D eigenvalue weighted by Crippen LogP contribution is -2.39. The van der Waals surface area contributed by atoms with Gasteiger partial charge in [0.25, 0.3) is 5.91 Å². The maximum atomic E-state index is 13.7. The molecular weight excluding hydrogens is 583 g/mol. The van der Waals surface area contributed by atoms with Gasteiger partial charge >= 0.3 is 0 Å². The van der Waals surface area contributed by atoms with E-state index in [1.54, 1.807) is 55.6 Å². The van der Waals surface area contributed by atoms with Crippen molar-refractivity contribution < 1.29 is 27.5 Å². The van der Waals surface area contributed by atoms with Crippen molar-refractivity contribution in [3.63, 3.8) is 0 Å². The predicted molar refractivity (Wildman–Crippen MR) is 173 cm³/mol. The molecule has 9 heteroatoms. The fraction of sp³-hybridized carbons (Fsp3) is 0.412. The number of carbonyl (C=O) groups is 2. The van der Waals surface area contributed by atoms with Gasteiger partial charge in [0.15, 0.2) is 15.6 Å². The first kappa shape index (κ1) is 34.5. The Morgan fingerprint density at radius 2 is 1.44 bits per heavy atom. The summed E-state index contributed by atoms with van der Waals surface area (Å²) < 4.78 is 37.7. The molecule has 2 atom stereocenters. The smallest absolute Gasteiger partial charge is 0.251 e. The fourth-order valence-electron chi connectivity index (χ4n) is 4.28. The number of ether oxygens (including phenoxy) is 2. The number of hydrogen-bond donors (Lipinski definition) is 1. The number of ketones is 1. The SMILES string of the molecule is COCCC(C)(C)OCC(C)NC(=O)c1ccc(C(=O)C(CSc2ccc(C)cc2)CS(=O)(=O)c2ccc(C)cc2)cc1. The second-order valence-corrected chi connectivity index (χ2v) is 14.7. The lowest BCUT2D eigenvalue weighted by atomic mass is 9.99. The van der Waals surface area contributed by atoms with Gasteiger partial charge in [-0.15, -0.1) is 11.8 Å². The average molecular weight is 626 g/mol. The van der Waals surface area contributed by atoms with E-state index < -0.39 is 15.8 Å². The molecule has 3 aromatic rings. The van der Waals surface area contributed by atoms with E-state index in [0.29, 0.717) is 30.1 Å². The van der Waals surface area contributed by atoms with E-state index in [-0.39, 0.29) is 34.0 Å². The molecule has 0 aliphatic rings. The highest BCUT2D eigenvalue weighted by molar-refractivity contribution is 7.99. The minimum Gasteiger partial charge on any atom is -0.385 e. The van der Waals surface area contributed by atoms with Crippen molar-refractivity contribution in [1.82, 2.24) is 5.32 Å². The topological polar surface area (TPSA) is 98.8 Å². The van der Waals surface area contributed by atoms with E-state index in [9.17, 15) is 18.0 Å². The van der Waals surface area contributed by atoms with Crippen LogP contribution in [0.2, 0.25) is 0 Å². The van der Waals surface area contributed by atoms with E-state index in [0.717, 1.165) is 22.4 Å². The molecule has 1 N–H and O–H groups in total. The van der Waals surface area contributed by atoms with Gasteiger partial charge in [-0.2, -0.15) is 0 Å². The van der Waals surface area contributed by atoms with E-state index in [4.69, 9.17) is 9.47 Å². The molecule has 0 aliphatic heterocycles. The number of benzene rings is 3. The van der Waals surface area contributed by atoms with Crippen molar-refractivity contribution >= 4 is 33.3 Å². The highest BCUT2D eigenvalue weighted by atomic mass is 32.2. The Bertz CT molecular complexity index is 1450. The molecule has 0 aliphatic carbocycles. The Morgan fingerprint density at radius 3 is 2.02 bits per heavy atom. The van der Waals surface area contributed by atoms with Crippen LogP contribution in [0.5, 0.6) is 0 Å². The Balaban J connectivity index is 1.71. The maximum Gasteiger partial charge on any atom is 0.251 e. The summed E-state index contributed by atoms with van der Waals surface area (Å²) in [6.45, 7) is 10.6. The third-order valence-corrected chi connectivity index (χ3v) is 10.1. The number of Topliss-reactive ketones (excluding diaryl/α,β-unsaturated/α-hetero) is 1. The van der Waals surface area contributed by atoms with Crippen LogP contribution in [0, 0.1) is 19.8 Å². The zero-order valence-electron chi connectivity index (χ0n) is 25.9. The summed E-state index contributed by atoms with van der Waals surface area (Å²) in [4.78, 5) is 27.7. The summed E-state index contributed by atoms with van der Waals surface area (Å²) in [5.41, 5.74) is 2.47. The van der Waals surface area contributed by atoms with E-state index >= 15 is 0 Å². The Hall–Kier alpha value is -2.98. The summed E-state index contributed by atoms with van der Waals surface area (Å²) in [5.74, 6) is -1.35. The third kappa shape index (κ3) is 10.9. The molecule has 0 bridgehead atoms. The maximum absolute atomic E-state index is 13.7. The molecule has 0 radical (unpaired) electrons. The van der Waals surface area contributed by atoms with Gasteiger partial charge < -0.3 is 14.8 Å². The first-order valence-corrected chi connectivity index (χ1v) is 17.0. The minimum atomic E-state index is -3.71. The van der Waals surface area contributed by atoms with Crippen molar-refractivity contribution in [2.75, 3.05) is 31.8 Å². The molecule has 0 aromatic heterocycles. The summed E-state index contributed by atoms with van der Waals surface area (Å²) in [5, 5.41) is 2.93. The molecular formula is C34H43NO6S2. The van der Waals surface area contributed by atoms with Gasteiger partial charge in [0.05, 0.1) is 22.9 Å². The lowest BCUT2D eigenvalue weighted by Gasteiger charge is -2.27. The summed E-state index contributed by atoms with van der Waals surface area (Å²) in [6, 6.07) is 20.7. The second-order valence-electron chi connectivity index (χ2n) is 11.5. The van der Waals surface area contributed by atoms with Gasteiger partial charge in [-0.05, 0) is 77.4 Å². The second kappa shape index (κ2) is 15.7. The van der Waals surface area contributed by atoms with Gasteiger partial charge in [-0.25, -0.2) is 8.42 Å². The minimum absolute atomic E-state index is 0.198. The lowest BCUT2D eigenvalue weighted by molar-refractivity contribution is -0.0430. The molecule has 0 saturated carbocycles. The molecule has 2 unspecified atom stereocenters. The average Bonchev–Trinajstić information content (AvgIpc) is 2.98. The molecule has 232 valence electrons. The molecule has 43 heavy (non-hydrogen) atoms.